The normalized spacial score (nSPS) is 11.3. The quantitative estimate of drug-likeness (QED) is 0.640. The van der Waals surface area contributed by atoms with E-state index in [0.29, 0.717) is 5.03 Å². The average Bonchev–Trinajstić information content (AvgIpc) is 2.05. The van der Waals surface area contributed by atoms with Gasteiger partial charge in [-0.05, 0) is 12.5 Å². The number of rotatable bonds is 2. The number of carbonyl (C=O) groups is 1. The average molecular weight is 181 g/mol. The number of ketones is 1. The van der Waals surface area contributed by atoms with Crippen LogP contribution in [0.2, 0.25) is 0 Å². The first-order valence-corrected chi connectivity index (χ1v) is 4.01. The van der Waals surface area contributed by atoms with Gasteiger partial charge in [-0.1, -0.05) is 41.9 Å². The van der Waals surface area contributed by atoms with Gasteiger partial charge in [0.2, 0.25) is 0 Å². The van der Waals surface area contributed by atoms with Crippen molar-refractivity contribution in [2.24, 2.45) is 0 Å². The van der Waals surface area contributed by atoms with E-state index in [4.69, 9.17) is 11.6 Å². The van der Waals surface area contributed by atoms with Crippen LogP contribution < -0.4 is 0 Å². The number of carbonyl (C=O) groups excluding carboxylic acids is 1. The summed E-state index contributed by atoms with van der Waals surface area (Å²) in [6.07, 6.45) is 1.41. The highest BCUT2D eigenvalue weighted by Crippen LogP contribution is 2.17. The second kappa shape index (κ2) is 4.07. The lowest BCUT2D eigenvalue weighted by atomic mass is 10.2. The number of hydrogen-bond acceptors (Lipinski definition) is 1. The van der Waals surface area contributed by atoms with Crippen LogP contribution in [0, 0.1) is 0 Å². The van der Waals surface area contributed by atoms with E-state index in [-0.39, 0.29) is 5.78 Å². The first-order chi connectivity index (χ1) is 5.70. The molecule has 0 aliphatic carbocycles. The molecule has 0 atom stereocenters. The molecule has 1 nitrogen and oxygen atoms in total. The molecular weight excluding hydrogens is 172 g/mol. The Labute approximate surface area is 76.7 Å². The molecule has 0 unspecified atom stereocenters. The van der Waals surface area contributed by atoms with Crippen LogP contribution in [0.5, 0.6) is 0 Å². The van der Waals surface area contributed by atoms with Crippen molar-refractivity contribution >= 4 is 22.4 Å². The predicted octanol–water partition coefficient (Wildman–Crippen LogP) is 2.86. The number of halogens is 1. The Morgan fingerprint density at radius 2 is 1.92 bits per heavy atom. The Morgan fingerprint density at radius 3 is 2.42 bits per heavy atom. The molecule has 0 radical (unpaired) electrons. The fraction of sp³-hybridized carbons (Fsp3) is 0.100. The van der Waals surface area contributed by atoms with Crippen LogP contribution in [0.4, 0.5) is 0 Å². The third-order valence-corrected chi connectivity index (χ3v) is 1.71. The summed E-state index contributed by atoms with van der Waals surface area (Å²) < 4.78 is 0. The number of hydrogen-bond donors (Lipinski definition) is 0. The van der Waals surface area contributed by atoms with E-state index < -0.39 is 0 Å². The number of benzene rings is 1. The largest absolute Gasteiger partial charge is 0.295 e. The van der Waals surface area contributed by atoms with E-state index in [1.54, 1.807) is 0 Å². The van der Waals surface area contributed by atoms with Gasteiger partial charge in [0, 0.05) is 6.08 Å². The van der Waals surface area contributed by atoms with Crippen molar-refractivity contribution in [3.63, 3.8) is 0 Å². The van der Waals surface area contributed by atoms with Crippen LogP contribution >= 0.6 is 11.6 Å². The van der Waals surface area contributed by atoms with Crippen LogP contribution in [0.3, 0.4) is 0 Å². The van der Waals surface area contributed by atoms with Gasteiger partial charge in [0.15, 0.2) is 5.78 Å². The van der Waals surface area contributed by atoms with Gasteiger partial charge in [0.25, 0.3) is 0 Å². The SMILES string of the molecule is CC(=O)/C=C(\Cl)c1ccccc1. The molecule has 0 heterocycles. The van der Waals surface area contributed by atoms with E-state index in [1.807, 2.05) is 30.3 Å². The minimum atomic E-state index is -0.0381. The van der Waals surface area contributed by atoms with E-state index >= 15 is 0 Å². The molecule has 0 aliphatic rings. The van der Waals surface area contributed by atoms with Gasteiger partial charge in [-0.15, -0.1) is 0 Å². The van der Waals surface area contributed by atoms with Crippen molar-refractivity contribution in [2.45, 2.75) is 6.92 Å². The maximum absolute atomic E-state index is 10.7. The predicted molar refractivity (Wildman–Crippen MR) is 51.0 cm³/mol. The van der Waals surface area contributed by atoms with Gasteiger partial charge in [0.05, 0.1) is 5.03 Å². The minimum absolute atomic E-state index is 0.0381. The molecular formula is C10H9ClO. The fourth-order valence-electron chi connectivity index (χ4n) is 0.859. The molecule has 1 rings (SSSR count). The molecule has 1 aromatic carbocycles. The monoisotopic (exact) mass is 180 g/mol. The van der Waals surface area contributed by atoms with Crippen LogP contribution in [-0.2, 0) is 4.79 Å². The third-order valence-electron chi connectivity index (χ3n) is 1.38. The van der Waals surface area contributed by atoms with E-state index in [9.17, 15) is 4.79 Å². The second-order valence-electron chi connectivity index (χ2n) is 2.47. The van der Waals surface area contributed by atoms with Gasteiger partial charge in [0.1, 0.15) is 0 Å². The Hall–Kier alpha value is -1.08. The lowest BCUT2D eigenvalue weighted by molar-refractivity contribution is -0.112. The molecule has 12 heavy (non-hydrogen) atoms. The Morgan fingerprint density at radius 1 is 1.33 bits per heavy atom. The maximum Gasteiger partial charge on any atom is 0.154 e. The van der Waals surface area contributed by atoms with Crippen LogP contribution in [0.15, 0.2) is 36.4 Å². The zero-order chi connectivity index (χ0) is 8.97. The Balaban J connectivity index is 2.93. The first-order valence-electron chi connectivity index (χ1n) is 3.63. The lowest BCUT2D eigenvalue weighted by Crippen LogP contribution is -1.83. The molecule has 1 aromatic rings. The zero-order valence-electron chi connectivity index (χ0n) is 6.75. The molecule has 0 bridgehead atoms. The Kier molecular flexibility index (Phi) is 3.06. The molecule has 0 fully saturated rings. The highest BCUT2D eigenvalue weighted by Gasteiger charge is 1.96. The van der Waals surface area contributed by atoms with E-state index in [1.165, 1.54) is 13.0 Å². The third kappa shape index (κ3) is 2.51. The van der Waals surface area contributed by atoms with Crippen molar-refractivity contribution in [3.8, 4) is 0 Å². The summed E-state index contributed by atoms with van der Waals surface area (Å²) in [5, 5.41) is 0.489. The summed E-state index contributed by atoms with van der Waals surface area (Å²) in [6, 6.07) is 9.39. The van der Waals surface area contributed by atoms with E-state index in [0.717, 1.165) is 5.56 Å². The highest BCUT2D eigenvalue weighted by atomic mass is 35.5. The summed E-state index contributed by atoms with van der Waals surface area (Å²) in [5.74, 6) is -0.0381. The molecule has 0 amide bonds. The van der Waals surface area contributed by atoms with Crippen LogP contribution in [-0.4, -0.2) is 5.78 Å². The van der Waals surface area contributed by atoms with Crippen molar-refractivity contribution in [3.05, 3.63) is 42.0 Å². The molecule has 0 spiro atoms. The fourth-order valence-corrected chi connectivity index (χ4v) is 1.14. The summed E-state index contributed by atoms with van der Waals surface area (Å²) in [4.78, 5) is 10.7. The number of allylic oxidation sites excluding steroid dienone is 1. The summed E-state index contributed by atoms with van der Waals surface area (Å²) in [5.41, 5.74) is 0.870. The van der Waals surface area contributed by atoms with Gasteiger partial charge in [-0.25, -0.2) is 0 Å². The highest BCUT2D eigenvalue weighted by molar-refractivity contribution is 6.50. The minimum Gasteiger partial charge on any atom is -0.295 e. The standard InChI is InChI=1S/C10H9ClO/c1-8(12)7-10(11)9-5-3-2-4-6-9/h2-7H,1H3/b10-7-. The molecule has 0 saturated heterocycles. The van der Waals surface area contributed by atoms with Crippen molar-refractivity contribution < 1.29 is 4.79 Å². The summed E-state index contributed by atoms with van der Waals surface area (Å²) in [7, 11) is 0. The summed E-state index contributed by atoms with van der Waals surface area (Å²) >= 11 is 5.84. The van der Waals surface area contributed by atoms with Gasteiger partial charge >= 0.3 is 0 Å². The molecule has 0 aromatic heterocycles. The van der Waals surface area contributed by atoms with Crippen molar-refractivity contribution in [1.29, 1.82) is 0 Å². The van der Waals surface area contributed by atoms with Crippen molar-refractivity contribution in [2.75, 3.05) is 0 Å². The van der Waals surface area contributed by atoms with Crippen molar-refractivity contribution in [1.82, 2.24) is 0 Å². The van der Waals surface area contributed by atoms with Crippen LogP contribution in [0.1, 0.15) is 12.5 Å². The zero-order valence-corrected chi connectivity index (χ0v) is 7.51. The summed E-state index contributed by atoms with van der Waals surface area (Å²) in [6.45, 7) is 1.48. The molecule has 62 valence electrons. The first kappa shape index (κ1) is 9.01. The second-order valence-corrected chi connectivity index (χ2v) is 2.88. The van der Waals surface area contributed by atoms with Crippen LogP contribution in [0.25, 0.3) is 5.03 Å². The molecule has 0 aliphatic heterocycles. The molecule has 0 N–H and O–H groups in total. The Bertz CT molecular complexity index is 301. The maximum atomic E-state index is 10.7. The van der Waals surface area contributed by atoms with E-state index in [2.05, 4.69) is 0 Å². The smallest absolute Gasteiger partial charge is 0.154 e. The molecule has 0 saturated carbocycles. The topological polar surface area (TPSA) is 17.1 Å². The van der Waals surface area contributed by atoms with Gasteiger partial charge < -0.3 is 0 Å². The van der Waals surface area contributed by atoms with Gasteiger partial charge in [-0.2, -0.15) is 0 Å². The molecule has 2 heteroatoms. The lowest BCUT2D eigenvalue weighted by Gasteiger charge is -1.95. The van der Waals surface area contributed by atoms with Gasteiger partial charge in [-0.3, -0.25) is 4.79 Å².